The molecule has 1 aromatic carbocycles. The second-order valence-corrected chi connectivity index (χ2v) is 4.82. The van der Waals surface area contributed by atoms with Crippen molar-refractivity contribution in [2.24, 2.45) is 0 Å². The van der Waals surface area contributed by atoms with Gasteiger partial charge in [0.25, 0.3) is 0 Å². The number of rotatable bonds is 9. The van der Waals surface area contributed by atoms with Crippen molar-refractivity contribution >= 4 is 11.6 Å². The first-order chi connectivity index (χ1) is 9.63. The van der Waals surface area contributed by atoms with E-state index in [-0.39, 0.29) is 5.91 Å². The van der Waals surface area contributed by atoms with E-state index in [9.17, 15) is 4.79 Å². The van der Waals surface area contributed by atoms with E-state index in [0.29, 0.717) is 24.6 Å². The number of nitrogens with one attached hydrogen (secondary N) is 2. The Morgan fingerprint density at radius 2 is 2.10 bits per heavy atom. The van der Waals surface area contributed by atoms with Crippen molar-refractivity contribution in [1.82, 2.24) is 5.32 Å². The highest BCUT2D eigenvalue weighted by molar-refractivity contribution is 5.93. The molecule has 4 heteroatoms. The van der Waals surface area contributed by atoms with Crippen LogP contribution in [0.1, 0.15) is 26.7 Å². The third kappa shape index (κ3) is 6.38. The summed E-state index contributed by atoms with van der Waals surface area (Å²) in [6, 6.07) is 7.41. The Kier molecular flexibility index (Phi) is 7.43. The van der Waals surface area contributed by atoms with E-state index in [0.717, 1.165) is 25.0 Å². The first-order valence-electron chi connectivity index (χ1n) is 7.00. The molecule has 4 nitrogen and oxygen atoms in total. The summed E-state index contributed by atoms with van der Waals surface area (Å²) in [6.07, 6.45) is 2.19. The molecule has 0 radical (unpaired) electrons. The number of carbonyl (C=O) groups excluding carboxylic acids is 1. The van der Waals surface area contributed by atoms with E-state index in [4.69, 9.17) is 4.74 Å². The maximum atomic E-state index is 11.8. The molecule has 0 unspecified atom stereocenters. The average Bonchev–Trinajstić information content (AvgIpc) is 2.42. The van der Waals surface area contributed by atoms with Crippen LogP contribution >= 0.6 is 0 Å². The van der Waals surface area contributed by atoms with E-state index >= 15 is 0 Å². The standard InChI is InChI=1S/C16H24N2O2/c1-4-5-10-17-11-16(19)18-14-8-6-7-9-15(14)20-12-13(2)3/h6-9,17H,2,4-5,10-12H2,1,3H3,(H,18,19). The number of amides is 1. The lowest BCUT2D eigenvalue weighted by molar-refractivity contribution is -0.115. The monoisotopic (exact) mass is 276 g/mol. The highest BCUT2D eigenvalue weighted by Crippen LogP contribution is 2.23. The van der Waals surface area contributed by atoms with Gasteiger partial charge in [0, 0.05) is 0 Å². The van der Waals surface area contributed by atoms with E-state index < -0.39 is 0 Å². The fourth-order valence-electron chi connectivity index (χ4n) is 1.59. The molecule has 0 aliphatic heterocycles. The van der Waals surface area contributed by atoms with Crippen molar-refractivity contribution in [1.29, 1.82) is 0 Å². The van der Waals surface area contributed by atoms with Crippen LogP contribution in [0.15, 0.2) is 36.4 Å². The zero-order valence-corrected chi connectivity index (χ0v) is 12.4. The Hall–Kier alpha value is -1.81. The summed E-state index contributed by atoms with van der Waals surface area (Å²) in [5.41, 5.74) is 1.63. The van der Waals surface area contributed by atoms with Crippen molar-refractivity contribution in [2.45, 2.75) is 26.7 Å². The normalized spacial score (nSPS) is 10.1. The van der Waals surface area contributed by atoms with Crippen LogP contribution in [0.25, 0.3) is 0 Å². The molecule has 1 amide bonds. The van der Waals surface area contributed by atoms with E-state index in [2.05, 4.69) is 24.1 Å². The van der Waals surface area contributed by atoms with Gasteiger partial charge >= 0.3 is 0 Å². The molecule has 0 aromatic heterocycles. The minimum atomic E-state index is -0.0625. The SMILES string of the molecule is C=C(C)COc1ccccc1NC(=O)CNCCCC. The Balaban J connectivity index is 2.49. The summed E-state index contributed by atoms with van der Waals surface area (Å²) in [7, 11) is 0. The molecule has 0 heterocycles. The first kappa shape index (κ1) is 16.2. The number of anilines is 1. The predicted molar refractivity (Wildman–Crippen MR) is 83.2 cm³/mol. The Morgan fingerprint density at radius 1 is 1.35 bits per heavy atom. The molecular weight excluding hydrogens is 252 g/mol. The van der Waals surface area contributed by atoms with Gasteiger partial charge < -0.3 is 15.4 Å². The second kappa shape index (κ2) is 9.15. The zero-order chi connectivity index (χ0) is 14.8. The van der Waals surface area contributed by atoms with Crippen LogP contribution in [0, 0.1) is 0 Å². The average molecular weight is 276 g/mol. The summed E-state index contributed by atoms with van der Waals surface area (Å²) in [5.74, 6) is 0.602. The molecule has 0 aliphatic rings. The Morgan fingerprint density at radius 3 is 2.80 bits per heavy atom. The minimum Gasteiger partial charge on any atom is -0.487 e. The van der Waals surface area contributed by atoms with E-state index in [1.54, 1.807) is 0 Å². The number of benzene rings is 1. The van der Waals surface area contributed by atoms with Crippen LogP contribution in [-0.4, -0.2) is 25.6 Å². The fraction of sp³-hybridized carbons (Fsp3) is 0.438. The molecule has 2 N–H and O–H groups in total. The van der Waals surface area contributed by atoms with E-state index in [1.165, 1.54) is 0 Å². The smallest absolute Gasteiger partial charge is 0.238 e. The highest BCUT2D eigenvalue weighted by atomic mass is 16.5. The van der Waals surface area contributed by atoms with Crippen LogP contribution < -0.4 is 15.4 Å². The molecule has 0 saturated heterocycles. The molecule has 0 bridgehead atoms. The van der Waals surface area contributed by atoms with Crippen LogP contribution in [0.2, 0.25) is 0 Å². The summed E-state index contributed by atoms with van der Waals surface area (Å²) in [4.78, 5) is 11.8. The van der Waals surface area contributed by atoms with Crippen LogP contribution in [0.4, 0.5) is 5.69 Å². The van der Waals surface area contributed by atoms with Crippen LogP contribution in [0.5, 0.6) is 5.75 Å². The van der Waals surface area contributed by atoms with Gasteiger partial charge in [-0.05, 0) is 37.6 Å². The van der Waals surface area contributed by atoms with Gasteiger partial charge in [0.2, 0.25) is 5.91 Å². The van der Waals surface area contributed by atoms with Gasteiger partial charge in [-0.3, -0.25) is 4.79 Å². The predicted octanol–water partition coefficient (Wildman–Crippen LogP) is 2.97. The largest absolute Gasteiger partial charge is 0.487 e. The molecule has 0 fully saturated rings. The lowest BCUT2D eigenvalue weighted by Gasteiger charge is -2.12. The summed E-state index contributed by atoms with van der Waals surface area (Å²) in [6.45, 7) is 9.44. The molecule has 1 rings (SSSR count). The van der Waals surface area contributed by atoms with Gasteiger partial charge in [-0.2, -0.15) is 0 Å². The topological polar surface area (TPSA) is 50.4 Å². The van der Waals surface area contributed by atoms with Crippen molar-refractivity contribution < 1.29 is 9.53 Å². The van der Waals surface area contributed by atoms with Crippen LogP contribution in [-0.2, 0) is 4.79 Å². The molecule has 1 aromatic rings. The molecule has 0 aliphatic carbocycles. The van der Waals surface area contributed by atoms with Gasteiger partial charge in [0.05, 0.1) is 12.2 Å². The van der Waals surface area contributed by atoms with Crippen molar-refractivity contribution in [3.63, 3.8) is 0 Å². The lowest BCUT2D eigenvalue weighted by Crippen LogP contribution is -2.28. The molecule has 20 heavy (non-hydrogen) atoms. The number of hydrogen-bond donors (Lipinski definition) is 2. The second-order valence-electron chi connectivity index (χ2n) is 4.82. The summed E-state index contributed by atoms with van der Waals surface area (Å²) in [5, 5.41) is 5.96. The van der Waals surface area contributed by atoms with Crippen molar-refractivity contribution in [2.75, 3.05) is 25.0 Å². The lowest BCUT2D eigenvalue weighted by atomic mass is 10.3. The number of ether oxygens (including phenoxy) is 1. The maximum absolute atomic E-state index is 11.8. The highest BCUT2D eigenvalue weighted by Gasteiger charge is 2.07. The number of hydrogen-bond acceptors (Lipinski definition) is 3. The molecular formula is C16H24N2O2. The summed E-state index contributed by atoms with van der Waals surface area (Å²) >= 11 is 0. The molecule has 110 valence electrons. The molecule has 0 saturated carbocycles. The van der Waals surface area contributed by atoms with Crippen LogP contribution in [0.3, 0.4) is 0 Å². The fourth-order valence-corrected chi connectivity index (χ4v) is 1.59. The van der Waals surface area contributed by atoms with Crippen molar-refractivity contribution in [3.05, 3.63) is 36.4 Å². The maximum Gasteiger partial charge on any atom is 0.238 e. The van der Waals surface area contributed by atoms with Gasteiger partial charge in [0.15, 0.2) is 0 Å². The Bertz CT molecular complexity index is 444. The van der Waals surface area contributed by atoms with Gasteiger partial charge in [0.1, 0.15) is 12.4 Å². The number of para-hydroxylation sites is 2. The molecule has 0 atom stereocenters. The molecule has 0 spiro atoms. The number of carbonyl (C=O) groups is 1. The van der Waals surface area contributed by atoms with Gasteiger partial charge in [-0.15, -0.1) is 0 Å². The van der Waals surface area contributed by atoms with Gasteiger partial charge in [-0.1, -0.05) is 32.1 Å². The minimum absolute atomic E-state index is 0.0625. The van der Waals surface area contributed by atoms with Gasteiger partial charge in [-0.25, -0.2) is 0 Å². The summed E-state index contributed by atoms with van der Waals surface area (Å²) < 4.78 is 5.61. The Labute approximate surface area is 121 Å². The third-order valence-corrected chi connectivity index (χ3v) is 2.63. The number of unbranched alkanes of at least 4 members (excludes halogenated alkanes) is 1. The van der Waals surface area contributed by atoms with E-state index in [1.807, 2.05) is 31.2 Å². The van der Waals surface area contributed by atoms with Crippen molar-refractivity contribution in [3.8, 4) is 5.75 Å². The first-order valence-corrected chi connectivity index (χ1v) is 7.00. The zero-order valence-electron chi connectivity index (χ0n) is 12.4. The quantitative estimate of drug-likeness (QED) is 0.538. The third-order valence-electron chi connectivity index (χ3n) is 2.63.